The molecule has 3 N–H and O–H groups in total. The number of hydrogen-bond donors (Lipinski definition) is 3. The summed E-state index contributed by atoms with van der Waals surface area (Å²) in [6.45, 7) is 0.597. The van der Waals surface area contributed by atoms with Crippen LogP contribution in [0.2, 0.25) is 0 Å². The van der Waals surface area contributed by atoms with Crippen LogP contribution in [-0.4, -0.2) is 34.4 Å². The molecule has 0 aromatic heterocycles. The Hall–Kier alpha value is -2.97. The maximum absolute atomic E-state index is 11.7. The van der Waals surface area contributed by atoms with Crippen molar-refractivity contribution in [2.75, 3.05) is 11.9 Å². The number of anilines is 1. The first-order chi connectivity index (χ1) is 9.29. The normalized spacial score (nSPS) is 9.65. The van der Waals surface area contributed by atoms with Crippen LogP contribution in [0.3, 0.4) is 0 Å². The van der Waals surface area contributed by atoms with Gasteiger partial charge in [0, 0.05) is 30.3 Å². The molecule has 0 radical (unpaired) electrons. The molecular formula is C11H11N3O6. The number of non-ortho nitro benzene ring substituents is 1. The van der Waals surface area contributed by atoms with Crippen molar-refractivity contribution in [3.05, 3.63) is 33.9 Å². The lowest BCUT2D eigenvalue weighted by Gasteiger charge is -2.06. The summed E-state index contributed by atoms with van der Waals surface area (Å²) in [7, 11) is 0. The summed E-state index contributed by atoms with van der Waals surface area (Å²) in [6.07, 6.45) is 0. The van der Waals surface area contributed by atoms with Crippen LogP contribution in [0.5, 0.6) is 0 Å². The molecule has 0 aliphatic rings. The van der Waals surface area contributed by atoms with Gasteiger partial charge in [-0.05, 0) is 6.07 Å². The van der Waals surface area contributed by atoms with Crippen LogP contribution >= 0.6 is 0 Å². The first-order valence-corrected chi connectivity index (χ1v) is 5.36. The maximum atomic E-state index is 11.7. The van der Waals surface area contributed by atoms with Gasteiger partial charge in [0.05, 0.1) is 4.92 Å². The fraction of sp³-hybridized carbons (Fsp3) is 0.182. The predicted octanol–water partition coefficient (Wildman–Crippen LogP) is 0.368. The van der Waals surface area contributed by atoms with Gasteiger partial charge in [-0.15, -0.1) is 0 Å². The Morgan fingerprint density at radius 2 is 1.95 bits per heavy atom. The van der Waals surface area contributed by atoms with Crippen LogP contribution in [-0.2, 0) is 9.59 Å². The number of carboxylic acid groups (broad SMARTS) is 1. The summed E-state index contributed by atoms with van der Waals surface area (Å²) in [5.74, 6) is -2.49. The highest BCUT2D eigenvalue weighted by Crippen LogP contribution is 2.21. The Bertz CT molecular complexity index is 584. The van der Waals surface area contributed by atoms with Crippen molar-refractivity contribution in [1.29, 1.82) is 0 Å². The number of nitro benzene ring substituents is 1. The number of carbonyl (C=O) groups is 3. The number of aliphatic carboxylic acids is 1. The van der Waals surface area contributed by atoms with Gasteiger partial charge in [-0.1, -0.05) is 0 Å². The smallest absolute Gasteiger partial charge is 0.322 e. The molecule has 9 heteroatoms. The SMILES string of the molecule is CC(=O)Nc1cc(C(=O)NCC(=O)O)cc([N+](=O)[O-])c1. The van der Waals surface area contributed by atoms with Gasteiger partial charge >= 0.3 is 5.97 Å². The van der Waals surface area contributed by atoms with Crippen LogP contribution in [0.15, 0.2) is 18.2 Å². The Balaban J connectivity index is 3.07. The summed E-state index contributed by atoms with van der Waals surface area (Å²) >= 11 is 0. The van der Waals surface area contributed by atoms with E-state index in [1.54, 1.807) is 0 Å². The molecular weight excluding hydrogens is 270 g/mol. The molecule has 2 amide bonds. The minimum absolute atomic E-state index is 0.0761. The molecule has 0 fully saturated rings. The molecule has 0 heterocycles. The molecule has 1 aromatic rings. The number of nitro groups is 1. The molecule has 0 aliphatic carbocycles. The molecule has 0 aliphatic heterocycles. The van der Waals surface area contributed by atoms with Gasteiger partial charge in [0.2, 0.25) is 5.91 Å². The van der Waals surface area contributed by atoms with Crippen LogP contribution in [0.1, 0.15) is 17.3 Å². The van der Waals surface area contributed by atoms with Crippen LogP contribution < -0.4 is 10.6 Å². The molecule has 0 unspecified atom stereocenters. The number of amides is 2. The van der Waals surface area contributed by atoms with Crippen molar-refractivity contribution in [1.82, 2.24) is 5.32 Å². The lowest BCUT2D eigenvalue weighted by atomic mass is 10.1. The van der Waals surface area contributed by atoms with Crippen molar-refractivity contribution in [2.24, 2.45) is 0 Å². The first-order valence-electron chi connectivity index (χ1n) is 5.36. The third kappa shape index (κ3) is 4.37. The van der Waals surface area contributed by atoms with Crippen LogP contribution in [0.25, 0.3) is 0 Å². The van der Waals surface area contributed by atoms with Gasteiger partial charge in [-0.3, -0.25) is 24.5 Å². The number of benzene rings is 1. The molecule has 0 saturated carbocycles. The molecule has 0 spiro atoms. The van der Waals surface area contributed by atoms with E-state index in [4.69, 9.17) is 5.11 Å². The third-order valence-corrected chi connectivity index (χ3v) is 2.11. The fourth-order valence-electron chi connectivity index (χ4n) is 1.38. The molecule has 106 valence electrons. The van der Waals surface area contributed by atoms with E-state index in [1.165, 1.54) is 13.0 Å². The lowest BCUT2D eigenvalue weighted by Crippen LogP contribution is -2.29. The van der Waals surface area contributed by atoms with Crippen molar-refractivity contribution >= 4 is 29.2 Å². The van der Waals surface area contributed by atoms with Crippen molar-refractivity contribution < 1.29 is 24.4 Å². The summed E-state index contributed by atoms with van der Waals surface area (Å²) in [6, 6.07) is 3.30. The number of carbonyl (C=O) groups excluding carboxylic acids is 2. The highest BCUT2D eigenvalue weighted by Gasteiger charge is 2.15. The third-order valence-electron chi connectivity index (χ3n) is 2.11. The zero-order valence-electron chi connectivity index (χ0n) is 10.4. The van der Waals surface area contributed by atoms with E-state index in [1.807, 2.05) is 0 Å². The second kappa shape index (κ2) is 6.27. The van der Waals surface area contributed by atoms with Gasteiger partial charge in [-0.25, -0.2) is 0 Å². The number of hydrogen-bond acceptors (Lipinski definition) is 5. The average molecular weight is 281 g/mol. The molecule has 0 bridgehead atoms. The second-order valence-corrected chi connectivity index (χ2v) is 3.78. The molecule has 1 aromatic carbocycles. The maximum Gasteiger partial charge on any atom is 0.322 e. The largest absolute Gasteiger partial charge is 0.480 e. The van der Waals surface area contributed by atoms with Gasteiger partial charge < -0.3 is 15.7 Å². The lowest BCUT2D eigenvalue weighted by molar-refractivity contribution is -0.384. The quantitative estimate of drug-likeness (QED) is 0.526. The summed E-state index contributed by atoms with van der Waals surface area (Å²) < 4.78 is 0. The minimum Gasteiger partial charge on any atom is -0.480 e. The minimum atomic E-state index is -1.24. The topological polar surface area (TPSA) is 139 Å². The van der Waals surface area contributed by atoms with Gasteiger partial charge in [-0.2, -0.15) is 0 Å². The van der Waals surface area contributed by atoms with E-state index < -0.39 is 34.9 Å². The Kier molecular flexibility index (Phi) is 4.73. The monoisotopic (exact) mass is 281 g/mol. The van der Waals surface area contributed by atoms with E-state index in [2.05, 4.69) is 10.6 Å². The molecule has 9 nitrogen and oxygen atoms in total. The van der Waals surface area contributed by atoms with Gasteiger partial charge in [0.1, 0.15) is 6.54 Å². The van der Waals surface area contributed by atoms with E-state index in [-0.39, 0.29) is 11.3 Å². The van der Waals surface area contributed by atoms with Crippen LogP contribution in [0.4, 0.5) is 11.4 Å². The standard InChI is InChI=1S/C11H11N3O6/c1-6(15)13-8-2-7(3-9(4-8)14(19)20)11(18)12-5-10(16)17/h2-4H,5H2,1H3,(H,12,18)(H,13,15)(H,16,17). The highest BCUT2D eigenvalue weighted by atomic mass is 16.6. The zero-order chi connectivity index (χ0) is 15.3. The van der Waals surface area contributed by atoms with Gasteiger partial charge in [0.15, 0.2) is 0 Å². The molecule has 0 atom stereocenters. The molecule has 20 heavy (non-hydrogen) atoms. The van der Waals surface area contributed by atoms with E-state index >= 15 is 0 Å². The fourth-order valence-corrected chi connectivity index (χ4v) is 1.38. The number of nitrogens with zero attached hydrogens (tertiary/aromatic N) is 1. The van der Waals surface area contributed by atoms with Crippen molar-refractivity contribution in [3.63, 3.8) is 0 Å². The summed E-state index contributed by atoms with van der Waals surface area (Å²) in [5, 5.41) is 23.6. The van der Waals surface area contributed by atoms with E-state index in [0.29, 0.717) is 0 Å². The summed E-state index contributed by atoms with van der Waals surface area (Å²) in [4.78, 5) is 43.0. The highest BCUT2D eigenvalue weighted by molar-refractivity contribution is 5.98. The second-order valence-electron chi connectivity index (χ2n) is 3.78. The Morgan fingerprint density at radius 1 is 1.30 bits per heavy atom. The van der Waals surface area contributed by atoms with E-state index in [9.17, 15) is 24.5 Å². The number of carboxylic acids is 1. The Labute approximate surface area is 112 Å². The van der Waals surface area contributed by atoms with Crippen molar-refractivity contribution in [3.8, 4) is 0 Å². The Morgan fingerprint density at radius 3 is 2.45 bits per heavy atom. The number of rotatable bonds is 5. The van der Waals surface area contributed by atoms with Gasteiger partial charge in [0.25, 0.3) is 11.6 Å². The average Bonchev–Trinajstić information content (AvgIpc) is 2.34. The first kappa shape index (κ1) is 15.1. The van der Waals surface area contributed by atoms with Crippen molar-refractivity contribution in [2.45, 2.75) is 6.92 Å². The number of nitrogens with one attached hydrogen (secondary N) is 2. The van der Waals surface area contributed by atoms with E-state index in [0.717, 1.165) is 12.1 Å². The van der Waals surface area contributed by atoms with Crippen LogP contribution in [0, 0.1) is 10.1 Å². The molecule has 1 rings (SSSR count). The molecule has 0 saturated heterocycles. The zero-order valence-corrected chi connectivity index (χ0v) is 10.4. The predicted molar refractivity (Wildman–Crippen MR) is 67.4 cm³/mol. The summed E-state index contributed by atoms with van der Waals surface area (Å²) in [5.41, 5.74) is -0.437.